The van der Waals surface area contributed by atoms with Crippen molar-refractivity contribution in [1.82, 2.24) is 0 Å². The van der Waals surface area contributed by atoms with E-state index in [0.29, 0.717) is 5.88 Å². The van der Waals surface area contributed by atoms with Crippen LogP contribution < -0.4 is 5.32 Å². The van der Waals surface area contributed by atoms with E-state index >= 15 is 0 Å². The number of halogens is 1. The van der Waals surface area contributed by atoms with Crippen LogP contribution in [-0.2, 0) is 0 Å². The Bertz CT molecular complexity index is 563. The van der Waals surface area contributed by atoms with Crippen LogP contribution in [0.2, 0.25) is 0 Å². The van der Waals surface area contributed by atoms with Crippen molar-refractivity contribution in [3.05, 3.63) is 46.1 Å². The van der Waals surface area contributed by atoms with Crippen molar-refractivity contribution < 1.29 is 14.3 Å². The molecule has 1 aromatic carbocycles. The van der Waals surface area contributed by atoms with Crippen LogP contribution in [0.1, 0.15) is 16.1 Å². The van der Waals surface area contributed by atoms with Crippen molar-refractivity contribution in [2.75, 3.05) is 5.32 Å². The predicted molar refractivity (Wildman–Crippen MR) is 67.8 cm³/mol. The fraction of sp³-hybridized carbons (Fsp3) is 0.0833. The van der Waals surface area contributed by atoms with Gasteiger partial charge in [-0.05, 0) is 30.7 Å². The highest BCUT2D eigenvalue weighted by atomic mass is 79.9. The van der Waals surface area contributed by atoms with Crippen LogP contribution in [0.15, 0.2) is 39.2 Å². The molecule has 17 heavy (non-hydrogen) atoms. The van der Waals surface area contributed by atoms with Crippen LogP contribution in [0.5, 0.6) is 0 Å². The first-order valence-electron chi connectivity index (χ1n) is 4.93. The second-order valence-electron chi connectivity index (χ2n) is 3.51. The third-order valence-electron chi connectivity index (χ3n) is 2.34. The van der Waals surface area contributed by atoms with Crippen LogP contribution in [-0.4, -0.2) is 11.1 Å². The first-order chi connectivity index (χ1) is 8.08. The van der Waals surface area contributed by atoms with Crippen molar-refractivity contribution in [3.8, 4) is 0 Å². The van der Waals surface area contributed by atoms with Gasteiger partial charge in [-0.1, -0.05) is 22.0 Å². The lowest BCUT2D eigenvalue weighted by Crippen LogP contribution is -1.94. The van der Waals surface area contributed by atoms with E-state index in [2.05, 4.69) is 21.2 Å². The van der Waals surface area contributed by atoms with E-state index in [1.165, 1.54) is 6.07 Å². The number of furan rings is 1. The molecule has 0 unspecified atom stereocenters. The van der Waals surface area contributed by atoms with Crippen LogP contribution in [0.4, 0.5) is 11.6 Å². The SMILES string of the molecule is Cc1c(Br)cccc1Nc1ccc(C(=O)O)o1. The molecule has 0 aliphatic heterocycles. The van der Waals surface area contributed by atoms with Crippen LogP contribution >= 0.6 is 15.9 Å². The monoisotopic (exact) mass is 295 g/mol. The summed E-state index contributed by atoms with van der Waals surface area (Å²) in [7, 11) is 0. The van der Waals surface area contributed by atoms with Crippen molar-refractivity contribution in [2.24, 2.45) is 0 Å². The molecule has 0 saturated carbocycles. The molecule has 0 radical (unpaired) electrons. The van der Waals surface area contributed by atoms with Crippen molar-refractivity contribution >= 4 is 33.5 Å². The number of carboxylic acids is 1. The minimum Gasteiger partial charge on any atom is -0.475 e. The van der Waals surface area contributed by atoms with E-state index in [1.54, 1.807) is 6.07 Å². The third-order valence-corrected chi connectivity index (χ3v) is 3.20. The smallest absolute Gasteiger partial charge is 0.371 e. The Kier molecular flexibility index (Phi) is 3.19. The quantitative estimate of drug-likeness (QED) is 0.904. The third kappa shape index (κ3) is 2.50. The standard InChI is InChI=1S/C12H10BrNO3/c1-7-8(13)3-2-4-9(7)14-11-6-5-10(17-11)12(15)16/h2-6,14H,1H3,(H,15,16). The Morgan fingerprint density at radius 1 is 1.35 bits per heavy atom. The number of hydrogen-bond donors (Lipinski definition) is 2. The molecule has 1 heterocycles. The van der Waals surface area contributed by atoms with Gasteiger partial charge in [-0.15, -0.1) is 0 Å². The van der Waals surface area contributed by atoms with Gasteiger partial charge in [0.15, 0.2) is 5.88 Å². The second kappa shape index (κ2) is 4.63. The molecule has 1 aromatic heterocycles. The zero-order valence-corrected chi connectivity index (χ0v) is 10.6. The summed E-state index contributed by atoms with van der Waals surface area (Å²) in [6.07, 6.45) is 0. The van der Waals surface area contributed by atoms with Gasteiger partial charge in [-0.3, -0.25) is 0 Å². The number of benzene rings is 1. The molecule has 2 N–H and O–H groups in total. The van der Waals surface area contributed by atoms with Crippen LogP contribution in [0.25, 0.3) is 0 Å². The van der Waals surface area contributed by atoms with Gasteiger partial charge < -0.3 is 14.8 Å². The molecule has 0 aliphatic rings. The second-order valence-corrected chi connectivity index (χ2v) is 4.36. The lowest BCUT2D eigenvalue weighted by atomic mass is 10.2. The number of carboxylic acid groups (broad SMARTS) is 1. The van der Waals surface area contributed by atoms with E-state index in [9.17, 15) is 4.79 Å². The summed E-state index contributed by atoms with van der Waals surface area (Å²) in [4.78, 5) is 10.7. The van der Waals surface area contributed by atoms with Gasteiger partial charge >= 0.3 is 5.97 Å². The highest BCUT2D eigenvalue weighted by Crippen LogP contribution is 2.27. The van der Waals surface area contributed by atoms with Gasteiger partial charge in [0, 0.05) is 16.2 Å². The van der Waals surface area contributed by atoms with Crippen LogP contribution in [0.3, 0.4) is 0 Å². The molecule has 0 fully saturated rings. The first kappa shape index (κ1) is 11.7. The lowest BCUT2D eigenvalue weighted by molar-refractivity contribution is 0.0663. The summed E-state index contributed by atoms with van der Waals surface area (Å²) in [5.41, 5.74) is 1.89. The normalized spacial score (nSPS) is 10.2. The van der Waals surface area contributed by atoms with Gasteiger partial charge in [0.1, 0.15) is 0 Å². The molecule has 4 nitrogen and oxygen atoms in total. The molecule has 5 heteroatoms. The van der Waals surface area contributed by atoms with E-state index in [4.69, 9.17) is 9.52 Å². The Hall–Kier alpha value is -1.75. The molecule has 0 atom stereocenters. The van der Waals surface area contributed by atoms with Crippen LogP contribution in [0, 0.1) is 6.92 Å². The van der Waals surface area contributed by atoms with Gasteiger partial charge in [0.2, 0.25) is 5.76 Å². The molecule has 2 rings (SSSR count). The number of hydrogen-bond acceptors (Lipinski definition) is 3. The minimum absolute atomic E-state index is 0.0832. The molecule has 2 aromatic rings. The Balaban J connectivity index is 2.25. The molecule has 0 bridgehead atoms. The lowest BCUT2D eigenvalue weighted by Gasteiger charge is -2.07. The highest BCUT2D eigenvalue weighted by Gasteiger charge is 2.09. The number of anilines is 2. The first-order valence-corrected chi connectivity index (χ1v) is 5.72. The zero-order chi connectivity index (χ0) is 12.4. The summed E-state index contributed by atoms with van der Waals surface area (Å²) < 4.78 is 6.10. The maximum atomic E-state index is 10.7. The Morgan fingerprint density at radius 2 is 2.12 bits per heavy atom. The van der Waals surface area contributed by atoms with E-state index in [0.717, 1.165) is 15.7 Å². The highest BCUT2D eigenvalue weighted by molar-refractivity contribution is 9.10. The van der Waals surface area contributed by atoms with Gasteiger partial charge in [0.25, 0.3) is 0 Å². The summed E-state index contributed by atoms with van der Waals surface area (Å²) >= 11 is 3.42. The summed E-state index contributed by atoms with van der Waals surface area (Å²) in [5, 5.41) is 11.8. The molecular weight excluding hydrogens is 286 g/mol. The maximum absolute atomic E-state index is 10.7. The number of rotatable bonds is 3. The average molecular weight is 296 g/mol. The average Bonchev–Trinajstić information content (AvgIpc) is 2.73. The predicted octanol–water partition coefficient (Wildman–Crippen LogP) is 3.79. The van der Waals surface area contributed by atoms with Crippen molar-refractivity contribution in [3.63, 3.8) is 0 Å². The number of nitrogens with one attached hydrogen (secondary N) is 1. The fourth-order valence-corrected chi connectivity index (χ4v) is 1.76. The van der Waals surface area contributed by atoms with Gasteiger partial charge in [-0.25, -0.2) is 4.79 Å². The maximum Gasteiger partial charge on any atom is 0.371 e. The van der Waals surface area contributed by atoms with E-state index in [-0.39, 0.29) is 5.76 Å². The minimum atomic E-state index is -1.08. The fourth-order valence-electron chi connectivity index (χ4n) is 1.40. The molecular formula is C12H10BrNO3. The van der Waals surface area contributed by atoms with E-state index < -0.39 is 5.97 Å². The molecule has 0 aliphatic carbocycles. The number of carbonyl (C=O) groups is 1. The van der Waals surface area contributed by atoms with Gasteiger partial charge in [-0.2, -0.15) is 0 Å². The Morgan fingerprint density at radius 3 is 2.76 bits per heavy atom. The largest absolute Gasteiger partial charge is 0.475 e. The van der Waals surface area contributed by atoms with E-state index in [1.807, 2.05) is 25.1 Å². The summed E-state index contributed by atoms with van der Waals surface area (Å²) in [6, 6.07) is 8.72. The van der Waals surface area contributed by atoms with Crippen molar-refractivity contribution in [2.45, 2.75) is 6.92 Å². The molecule has 0 spiro atoms. The zero-order valence-electron chi connectivity index (χ0n) is 9.03. The molecule has 0 amide bonds. The molecule has 0 saturated heterocycles. The summed E-state index contributed by atoms with van der Waals surface area (Å²) in [6.45, 7) is 1.95. The topological polar surface area (TPSA) is 62.5 Å². The summed E-state index contributed by atoms with van der Waals surface area (Å²) in [5.74, 6) is -0.757. The number of aromatic carboxylic acids is 1. The van der Waals surface area contributed by atoms with Gasteiger partial charge in [0.05, 0.1) is 0 Å². The Labute approximate surface area is 106 Å². The molecule has 88 valence electrons. The van der Waals surface area contributed by atoms with Crippen molar-refractivity contribution in [1.29, 1.82) is 0 Å².